The molecule has 1 heterocycles. The summed E-state index contributed by atoms with van der Waals surface area (Å²) in [6.07, 6.45) is 13.9. The van der Waals surface area contributed by atoms with Gasteiger partial charge in [0.25, 0.3) is 0 Å². The van der Waals surface area contributed by atoms with Crippen molar-refractivity contribution in [3.8, 4) is 0 Å². The molecule has 140 valence electrons. The van der Waals surface area contributed by atoms with E-state index in [1.807, 2.05) is 0 Å². The van der Waals surface area contributed by atoms with Gasteiger partial charge in [0.05, 0.1) is 12.7 Å². The maximum Gasteiger partial charge on any atom is 0.0681 e. The van der Waals surface area contributed by atoms with Crippen LogP contribution in [0.4, 0.5) is 0 Å². The zero-order valence-corrected chi connectivity index (χ0v) is 16.0. The van der Waals surface area contributed by atoms with Gasteiger partial charge in [0.1, 0.15) is 0 Å². The Morgan fingerprint density at radius 2 is 1.60 bits per heavy atom. The Kier molecular flexibility index (Phi) is 7.36. The summed E-state index contributed by atoms with van der Waals surface area (Å²) in [5, 5.41) is 9.17. The Bertz CT molecular complexity index is 479. The van der Waals surface area contributed by atoms with E-state index in [1.165, 1.54) is 69.8 Å². The molecule has 2 fully saturated rings. The van der Waals surface area contributed by atoms with Crippen LogP contribution in [0.25, 0.3) is 0 Å². The molecule has 1 aromatic rings. The first-order valence-electron chi connectivity index (χ1n) is 10.6. The van der Waals surface area contributed by atoms with Crippen LogP contribution < -0.4 is 0 Å². The second-order valence-corrected chi connectivity index (χ2v) is 8.38. The molecule has 1 saturated carbocycles. The minimum atomic E-state index is 0.148. The molecule has 25 heavy (non-hydrogen) atoms. The van der Waals surface area contributed by atoms with Gasteiger partial charge in [0.15, 0.2) is 0 Å². The Labute approximate surface area is 154 Å². The van der Waals surface area contributed by atoms with Gasteiger partial charge in [-0.2, -0.15) is 0 Å². The van der Waals surface area contributed by atoms with E-state index in [0.717, 1.165) is 29.9 Å². The van der Waals surface area contributed by atoms with E-state index in [-0.39, 0.29) is 6.61 Å². The SMILES string of the molecule is CCCC1CCC(CCC2CCC(c3ccc(CO)cc3)CC2)OC1. The molecule has 1 N–H and O–H groups in total. The topological polar surface area (TPSA) is 29.5 Å². The molecule has 3 rings (SSSR count). The molecule has 2 unspecified atom stereocenters. The van der Waals surface area contributed by atoms with Gasteiger partial charge >= 0.3 is 0 Å². The molecule has 2 heteroatoms. The average Bonchev–Trinajstić information content (AvgIpc) is 2.68. The van der Waals surface area contributed by atoms with Crippen molar-refractivity contribution in [1.29, 1.82) is 0 Å². The maximum absolute atomic E-state index is 9.17. The van der Waals surface area contributed by atoms with Crippen LogP contribution in [0.2, 0.25) is 0 Å². The van der Waals surface area contributed by atoms with Crippen molar-refractivity contribution in [2.45, 2.75) is 89.8 Å². The lowest BCUT2D eigenvalue weighted by Crippen LogP contribution is -2.26. The van der Waals surface area contributed by atoms with Gasteiger partial charge in [-0.05, 0) is 86.7 Å². The van der Waals surface area contributed by atoms with Crippen molar-refractivity contribution in [3.05, 3.63) is 35.4 Å². The lowest BCUT2D eigenvalue weighted by atomic mass is 9.76. The predicted molar refractivity (Wildman–Crippen MR) is 104 cm³/mol. The molecule has 0 radical (unpaired) electrons. The van der Waals surface area contributed by atoms with Crippen LogP contribution in [-0.4, -0.2) is 17.8 Å². The third kappa shape index (κ3) is 5.56. The largest absolute Gasteiger partial charge is 0.392 e. The quantitative estimate of drug-likeness (QED) is 0.674. The first kappa shape index (κ1) is 18.9. The summed E-state index contributed by atoms with van der Waals surface area (Å²) in [6.45, 7) is 3.44. The Morgan fingerprint density at radius 3 is 2.20 bits per heavy atom. The van der Waals surface area contributed by atoms with Gasteiger partial charge in [0.2, 0.25) is 0 Å². The molecule has 1 aliphatic carbocycles. The van der Waals surface area contributed by atoms with Gasteiger partial charge in [0, 0.05) is 6.61 Å². The molecule has 0 bridgehead atoms. The summed E-state index contributed by atoms with van der Waals surface area (Å²) in [5.41, 5.74) is 2.49. The minimum Gasteiger partial charge on any atom is -0.392 e. The van der Waals surface area contributed by atoms with Crippen LogP contribution >= 0.6 is 0 Å². The number of aliphatic hydroxyl groups is 1. The van der Waals surface area contributed by atoms with E-state index in [2.05, 4.69) is 31.2 Å². The third-order valence-corrected chi connectivity index (χ3v) is 6.54. The van der Waals surface area contributed by atoms with Crippen LogP contribution in [0.5, 0.6) is 0 Å². The highest BCUT2D eigenvalue weighted by molar-refractivity contribution is 5.25. The molecule has 1 saturated heterocycles. The van der Waals surface area contributed by atoms with Crippen LogP contribution in [0.15, 0.2) is 24.3 Å². The minimum absolute atomic E-state index is 0.148. The van der Waals surface area contributed by atoms with Crippen LogP contribution in [0.1, 0.15) is 88.2 Å². The van der Waals surface area contributed by atoms with E-state index in [9.17, 15) is 5.11 Å². The lowest BCUT2D eigenvalue weighted by molar-refractivity contribution is -0.0252. The lowest BCUT2D eigenvalue weighted by Gasteiger charge is -2.32. The van der Waals surface area contributed by atoms with E-state index in [4.69, 9.17) is 4.74 Å². The fourth-order valence-electron chi connectivity index (χ4n) is 4.83. The normalized spacial score (nSPS) is 30.3. The highest BCUT2D eigenvalue weighted by Crippen LogP contribution is 2.38. The molecule has 0 amide bonds. The van der Waals surface area contributed by atoms with Crippen LogP contribution in [0.3, 0.4) is 0 Å². The zero-order chi connectivity index (χ0) is 17.5. The van der Waals surface area contributed by atoms with E-state index < -0.39 is 0 Å². The summed E-state index contributed by atoms with van der Waals surface area (Å²) in [4.78, 5) is 0. The number of aliphatic hydroxyl groups excluding tert-OH is 1. The van der Waals surface area contributed by atoms with Crippen molar-refractivity contribution in [2.75, 3.05) is 6.61 Å². The molecule has 2 atom stereocenters. The molecule has 0 spiro atoms. The summed E-state index contributed by atoms with van der Waals surface area (Å²) in [6, 6.07) is 8.60. The van der Waals surface area contributed by atoms with E-state index in [1.54, 1.807) is 0 Å². The summed E-state index contributed by atoms with van der Waals surface area (Å²) in [5.74, 6) is 2.46. The number of rotatable bonds is 7. The number of hydrogen-bond acceptors (Lipinski definition) is 2. The van der Waals surface area contributed by atoms with E-state index in [0.29, 0.717) is 6.10 Å². The number of benzene rings is 1. The zero-order valence-electron chi connectivity index (χ0n) is 16.0. The van der Waals surface area contributed by atoms with Crippen LogP contribution in [-0.2, 0) is 11.3 Å². The van der Waals surface area contributed by atoms with Crippen LogP contribution in [0, 0.1) is 11.8 Å². The summed E-state index contributed by atoms with van der Waals surface area (Å²) < 4.78 is 6.13. The second-order valence-electron chi connectivity index (χ2n) is 8.38. The first-order chi connectivity index (χ1) is 12.3. The highest BCUT2D eigenvalue weighted by Gasteiger charge is 2.25. The molecular weight excluding hydrogens is 308 g/mol. The molecule has 1 aromatic carbocycles. The van der Waals surface area contributed by atoms with Gasteiger partial charge in [-0.3, -0.25) is 0 Å². The summed E-state index contributed by atoms with van der Waals surface area (Å²) >= 11 is 0. The molecular formula is C23H36O2. The van der Waals surface area contributed by atoms with Crippen molar-refractivity contribution >= 4 is 0 Å². The number of hydrogen-bond donors (Lipinski definition) is 1. The third-order valence-electron chi connectivity index (χ3n) is 6.54. The molecule has 1 aliphatic heterocycles. The van der Waals surface area contributed by atoms with Gasteiger partial charge < -0.3 is 9.84 Å². The predicted octanol–water partition coefficient (Wildman–Crippen LogP) is 5.83. The smallest absolute Gasteiger partial charge is 0.0681 e. The maximum atomic E-state index is 9.17. The number of ether oxygens (including phenoxy) is 1. The highest BCUT2D eigenvalue weighted by atomic mass is 16.5. The second kappa shape index (κ2) is 9.73. The fourth-order valence-corrected chi connectivity index (χ4v) is 4.83. The fraction of sp³-hybridized carbons (Fsp3) is 0.739. The van der Waals surface area contributed by atoms with Gasteiger partial charge in [-0.25, -0.2) is 0 Å². The molecule has 2 aliphatic rings. The van der Waals surface area contributed by atoms with Crippen molar-refractivity contribution in [3.63, 3.8) is 0 Å². The first-order valence-corrected chi connectivity index (χ1v) is 10.6. The molecule has 0 aromatic heterocycles. The van der Waals surface area contributed by atoms with E-state index >= 15 is 0 Å². The average molecular weight is 345 g/mol. The standard InChI is InChI=1S/C23H36O2/c1-2-3-20-9-15-23(25-17-20)14-8-18-4-10-21(11-5-18)22-12-6-19(16-24)7-13-22/h6-7,12-13,18,20-21,23-24H,2-5,8-11,14-17H2,1H3. The monoisotopic (exact) mass is 344 g/mol. The Hall–Kier alpha value is -0.860. The van der Waals surface area contributed by atoms with Crippen molar-refractivity contribution in [2.24, 2.45) is 11.8 Å². The van der Waals surface area contributed by atoms with Gasteiger partial charge in [-0.15, -0.1) is 0 Å². The summed E-state index contributed by atoms with van der Waals surface area (Å²) in [7, 11) is 0. The van der Waals surface area contributed by atoms with Crippen molar-refractivity contribution < 1.29 is 9.84 Å². The Morgan fingerprint density at radius 1 is 0.880 bits per heavy atom. The molecule has 2 nitrogen and oxygen atoms in total. The van der Waals surface area contributed by atoms with Crippen molar-refractivity contribution in [1.82, 2.24) is 0 Å². The van der Waals surface area contributed by atoms with Gasteiger partial charge in [-0.1, -0.05) is 37.6 Å². The Balaban J connectivity index is 1.35.